The smallest absolute Gasteiger partial charge is 0.233 e. The number of aromatic nitrogens is 2. The maximum atomic E-state index is 14.1. The molecule has 2 fully saturated rings. The van der Waals surface area contributed by atoms with Crippen LogP contribution >= 0.6 is 0 Å². The molecule has 244 valence electrons. The molecule has 3 aromatic carbocycles. The molecule has 1 amide bonds. The van der Waals surface area contributed by atoms with E-state index in [0.29, 0.717) is 18.0 Å². The molecule has 2 N–H and O–H groups in total. The molecule has 5 heteroatoms. The lowest BCUT2D eigenvalue weighted by molar-refractivity contribution is -0.137. The van der Waals surface area contributed by atoms with Crippen molar-refractivity contribution in [3.8, 4) is 11.3 Å². The van der Waals surface area contributed by atoms with Crippen molar-refractivity contribution in [3.63, 3.8) is 0 Å². The van der Waals surface area contributed by atoms with Crippen LogP contribution in [0.15, 0.2) is 72.9 Å². The minimum atomic E-state index is -0.574. The van der Waals surface area contributed by atoms with Gasteiger partial charge in [-0.25, -0.2) is 0 Å². The number of hydrogen-bond acceptors (Lipinski definition) is 3. The minimum absolute atomic E-state index is 0.284. The molecule has 5 aromatic rings. The zero-order chi connectivity index (χ0) is 32.7. The van der Waals surface area contributed by atoms with E-state index < -0.39 is 5.41 Å². The first-order valence-electron chi connectivity index (χ1n) is 17.8. The second-order valence-corrected chi connectivity index (χ2v) is 14.9. The molecule has 1 atom stereocenters. The zero-order valence-corrected chi connectivity index (χ0v) is 28.8. The fourth-order valence-electron chi connectivity index (χ4n) is 8.52. The summed E-state index contributed by atoms with van der Waals surface area (Å²) in [6.07, 6.45) is 9.86. The van der Waals surface area contributed by atoms with Crippen LogP contribution in [0.1, 0.15) is 93.0 Å². The van der Waals surface area contributed by atoms with Crippen LogP contribution in [0.4, 0.5) is 0 Å². The van der Waals surface area contributed by atoms with Gasteiger partial charge in [0.15, 0.2) is 0 Å². The third kappa shape index (κ3) is 6.11. The molecule has 2 aromatic heterocycles. The van der Waals surface area contributed by atoms with Crippen molar-refractivity contribution in [1.82, 2.24) is 20.2 Å². The summed E-state index contributed by atoms with van der Waals surface area (Å²) in [7, 11) is 0. The number of aromatic amines is 1. The number of benzene rings is 3. The summed E-state index contributed by atoms with van der Waals surface area (Å²) in [5.74, 6) is 0.579. The maximum Gasteiger partial charge on any atom is 0.233 e. The van der Waals surface area contributed by atoms with Gasteiger partial charge in [0, 0.05) is 41.1 Å². The summed E-state index contributed by atoms with van der Waals surface area (Å²) in [5.41, 5.74) is 10.4. The van der Waals surface area contributed by atoms with E-state index in [1.54, 1.807) is 0 Å². The van der Waals surface area contributed by atoms with E-state index in [1.165, 1.54) is 44.3 Å². The maximum absolute atomic E-state index is 14.1. The van der Waals surface area contributed by atoms with Crippen molar-refractivity contribution in [1.29, 1.82) is 0 Å². The molecular weight excluding hydrogens is 576 g/mol. The van der Waals surface area contributed by atoms with E-state index in [0.717, 1.165) is 74.6 Å². The predicted octanol–water partition coefficient (Wildman–Crippen LogP) is 9.15. The average molecular weight is 627 g/mol. The summed E-state index contributed by atoms with van der Waals surface area (Å²) in [6.45, 7) is 12.8. The third-order valence-electron chi connectivity index (χ3n) is 11.0. The van der Waals surface area contributed by atoms with Crippen molar-refractivity contribution < 1.29 is 4.79 Å². The van der Waals surface area contributed by atoms with Gasteiger partial charge in [-0.2, -0.15) is 0 Å². The molecule has 2 aliphatic heterocycles. The number of rotatable bonds is 11. The van der Waals surface area contributed by atoms with Crippen molar-refractivity contribution in [2.75, 3.05) is 13.1 Å². The highest BCUT2D eigenvalue weighted by atomic mass is 16.2. The molecule has 7 rings (SSSR count). The van der Waals surface area contributed by atoms with Gasteiger partial charge in [-0.3, -0.25) is 9.78 Å². The van der Waals surface area contributed by atoms with E-state index in [2.05, 4.69) is 115 Å². The highest BCUT2D eigenvalue weighted by molar-refractivity contribution is 5.95. The SMILES string of the molecule is Cc1cc(C)cc(-c2[nH]c3ccc(C(C)(C)C(=O)N4C5CCC4CC5)cc3c2[C@H](C)CNCCCCc2cccc3ncccc23)c1. The van der Waals surface area contributed by atoms with Gasteiger partial charge in [-0.15, -0.1) is 0 Å². The Labute approximate surface area is 280 Å². The van der Waals surface area contributed by atoms with Crippen LogP contribution in [0.2, 0.25) is 0 Å². The number of fused-ring (bicyclic) bond motifs is 4. The summed E-state index contributed by atoms with van der Waals surface area (Å²) in [6, 6.07) is 25.1. The number of amides is 1. The Balaban J connectivity index is 1.11. The second-order valence-electron chi connectivity index (χ2n) is 14.9. The molecule has 0 saturated carbocycles. The first-order chi connectivity index (χ1) is 22.7. The van der Waals surface area contributed by atoms with Crippen LogP contribution in [-0.4, -0.2) is 45.9 Å². The Hall–Kier alpha value is -3.96. The van der Waals surface area contributed by atoms with Crippen LogP contribution in [0.3, 0.4) is 0 Å². The Morgan fingerprint density at radius 3 is 2.43 bits per heavy atom. The number of carbonyl (C=O) groups is 1. The first kappa shape index (κ1) is 31.6. The van der Waals surface area contributed by atoms with Gasteiger partial charge >= 0.3 is 0 Å². The van der Waals surface area contributed by atoms with Gasteiger partial charge in [0.25, 0.3) is 0 Å². The van der Waals surface area contributed by atoms with Gasteiger partial charge in [0.2, 0.25) is 5.91 Å². The summed E-state index contributed by atoms with van der Waals surface area (Å²) in [5, 5.41) is 6.30. The third-order valence-corrected chi connectivity index (χ3v) is 11.0. The molecule has 0 aliphatic carbocycles. The molecule has 0 unspecified atom stereocenters. The van der Waals surface area contributed by atoms with E-state index in [4.69, 9.17) is 0 Å². The second kappa shape index (κ2) is 12.9. The fraction of sp³-hybridized carbons (Fsp3) is 0.429. The minimum Gasteiger partial charge on any atom is -0.354 e. The monoisotopic (exact) mass is 626 g/mol. The van der Waals surface area contributed by atoms with E-state index >= 15 is 0 Å². The number of nitrogens with zero attached hydrogens (tertiary/aromatic N) is 2. The van der Waals surface area contributed by atoms with Gasteiger partial charge in [-0.05, 0) is 144 Å². The Bertz CT molecular complexity index is 1870. The lowest BCUT2D eigenvalue weighted by Crippen LogP contribution is -2.45. The largest absolute Gasteiger partial charge is 0.354 e. The standard InChI is InChI=1S/C42H50N4O/c1-27-22-28(2)24-31(23-27)40-39(29(3)26-43-20-7-6-10-30-11-8-13-37-35(30)12-9-21-44-37)36-25-32(14-19-38(36)45-40)42(4,5)41(47)46-33-15-16-34(46)18-17-33/h8-9,11-14,19,21-25,29,33-34,43,45H,6-7,10,15-18,20,26H2,1-5H3/t29-,33?,34?/m1/s1. The molecule has 47 heavy (non-hydrogen) atoms. The Morgan fingerprint density at radius 1 is 0.936 bits per heavy atom. The highest BCUT2D eigenvalue weighted by Gasteiger charge is 2.47. The molecule has 4 heterocycles. The lowest BCUT2D eigenvalue weighted by Gasteiger charge is -2.33. The lowest BCUT2D eigenvalue weighted by atomic mass is 9.81. The number of unbranched alkanes of at least 4 members (excludes halogenated alkanes) is 1. The van der Waals surface area contributed by atoms with E-state index in [1.807, 2.05) is 12.3 Å². The molecule has 0 radical (unpaired) electrons. The Morgan fingerprint density at radius 2 is 1.68 bits per heavy atom. The van der Waals surface area contributed by atoms with Crippen molar-refractivity contribution >= 4 is 27.7 Å². The first-order valence-corrected chi connectivity index (χ1v) is 17.8. The summed E-state index contributed by atoms with van der Waals surface area (Å²) in [4.78, 5) is 24.7. The molecule has 2 aliphatic rings. The average Bonchev–Trinajstić information content (AvgIpc) is 3.78. The van der Waals surface area contributed by atoms with Crippen LogP contribution in [0.25, 0.3) is 33.1 Å². The molecule has 2 bridgehead atoms. The summed E-state index contributed by atoms with van der Waals surface area (Å²) >= 11 is 0. The number of pyridine rings is 1. The quantitative estimate of drug-likeness (QED) is 0.144. The van der Waals surface area contributed by atoms with Crippen LogP contribution < -0.4 is 5.32 Å². The van der Waals surface area contributed by atoms with Crippen molar-refractivity contribution in [2.45, 2.75) is 103 Å². The molecular formula is C42H50N4O. The molecule has 0 spiro atoms. The Kier molecular flexibility index (Phi) is 8.69. The van der Waals surface area contributed by atoms with Crippen molar-refractivity contribution in [2.24, 2.45) is 0 Å². The zero-order valence-electron chi connectivity index (χ0n) is 28.8. The fourth-order valence-corrected chi connectivity index (χ4v) is 8.52. The van der Waals surface area contributed by atoms with Crippen LogP contribution in [-0.2, 0) is 16.6 Å². The highest BCUT2D eigenvalue weighted by Crippen LogP contribution is 2.43. The van der Waals surface area contributed by atoms with Gasteiger partial charge in [0.05, 0.1) is 16.6 Å². The molecule has 2 saturated heterocycles. The number of nitrogens with one attached hydrogen (secondary N) is 2. The molecule has 5 nitrogen and oxygen atoms in total. The normalized spacial score (nSPS) is 18.4. The number of hydrogen-bond donors (Lipinski definition) is 2. The van der Waals surface area contributed by atoms with Crippen molar-refractivity contribution in [3.05, 3.63) is 101 Å². The number of carbonyl (C=O) groups excluding carboxylic acids is 1. The van der Waals surface area contributed by atoms with Gasteiger partial charge in [-0.1, -0.05) is 48.4 Å². The van der Waals surface area contributed by atoms with E-state index in [-0.39, 0.29) is 5.92 Å². The van der Waals surface area contributed by atoms with Gasteiger partial charge < -0.3 is 15.2 Å². The van der Waals surface area contributed by atoms with E-state index in [9.17, 15) is 4.79 Å². The summed E-state index contributed by atoms with van der Waals surface area (Å²) < 4.78 is 0. The van der Waals surface area contributed by atoms with Gasteiger partial charge in [0.1, 0.15) is 0 Å². The topological polar surface area (TPSA) is 61.0 Å². The predicted molar refractivity (Wildman–Crippen MR) is 195 cm³/mol. The van der Waals surface area contributed by atoms with Crippen LogP contribution in [0.5, 0.6) is 0 Å². The number of H-pyrrole nitrogens is 1. The number of aryl methyl sites for hydroxylation is 3. The van der Waals surface area contributed by atoms with Crippen LogP contribution in [0, 0.1) is 13.8 Å².